The molecule has 1 aromatic heterocycles. The summed E-state index contributed by atoms with van der Waals surface area (Å²) in [6.45, 7) is 3.62. The van der Waals surface area contributed by atoms with Crippen molar-refractivity contribution >= 4 is 29.5 Å². The van der Waals surface area contributed by atoms with Gasteiger partial charge >= 0.3 is 5.97 Å². The molecule has 0 saturated heterocycles. The van der Waals surface area contributed by atoms with Crippen LogP contribution in [0.5, 0.6) is 0 Å². The highest BCUT2D eigenvalue weighted by molar-refractivity contribution is 7.80. The maximum Gasteiger partial charge on any atom is 0.338 e. The number of rotatable bonds is 5. The van der Waals surface area contributed by atoms with Gasteiger partial charge in [0.15, 0.2) is 0 Å². The Morgan fingerprint density at radius 3 is 2.62 bits per heavy atom. The Bertz CT molecular complexity index is 738. The van der Waals surface area contributed by atoms with E-state index in [0.717, 1.165) is 5.56 Å². The van der Waals surface area contributed by atoms with Gasteiger partial charge in [0.25, 0.3) is 0 Å². The second-order valence-corrected chi connectivity index (χ2v) is 5.49. The number of hydrazone groups is 1. The van der Waals surface area contributed by atoms with Crippen LogP contribution in [0.1, 0.15) is 30.0 Å². The fourth-order valence-corrected chi connectivity index (χ4v) is 1.87. The van der Waals surface area contributed by atoms with Crippen LogP contribution < -0.4 is 16.7 Å². The molecular formula is C16H18N4O3S. The molecule has 0 amide bonds. The van der Waals surface area contributed by atoms with Gasteiger partial charge in [-0.3, -0.25) is 10.9 Å². The molecule has 0 spiro atoms. The van der Waals surface area contributed by atoms with Crippen LogP contribution in [0.15, 0.2) is 45.9 Å². The molecule has 0 unspecified atom stereocenters. The van der Waals surface area contributed by atoms with Gasteiger partial charge in [0.1, 0.15) is 11.5 Å². The van der Waals surface area contributed by atoms with Crippen molar-refractivity contribution in [2.75, 3.05) is 0 Å². The van der Waals surface area contributed by atoms with Crippen LogP contribution in [0.3, 0.4) is 0 Å². The van der Waals surface area contributed by atoms with Crippen molar-refractivity contribution in [2.24, 2.45) is 10.9 Å². The van der Waals surface area contributed by atoms with Gasteiger partial charge in [0.2, 0.25) is 5.11 Å². The van der Waals surface area contributed by atoms with E-state index >= 15 is 0 Å². The summed E-state index contributed by atoms with van der Waals surface area (Å²) in [6.07, 6.45) is 1.32. The molecule has 0 aliphatic rings. The monoisotopic (exact) mass is 346 g/mol. The molecular weight excluding hydrogens is 328 g/mol. The summed E-state index contributed by atoms with van der Waals surface area (Å²) in [6, 6.07) is 10.6. The molecule has 4 N–H and O–H groups in total. The number of esters is 1. The predicted octanol–water partition coefficient (Wildman–Crippen LogP) is 2.18. The molecule has 1 heterocycles. The molecule has 0 atom stereocenters. The van der Waals surface area contributed by atoms with Crippen LogP contribution in [0, 0.1) is 0 Å². The van der Waals surface area contributed by atoms with E-state index in [1.165, 1.54) is 6.21 Å². The normalized spacial score (nSPS) is 10.8. The van der Waals surface area contributed by atoms with Crippen molar-refractivity contribution in [3.63, 3.8) is 0 Å². The number of thiocarbonyl (C=S) groups is 1. The zero-order valence-electron chi connectivity index (χ0n) is 13.3. The van der Waals surface area contributed by atoms with Gasteiger partial charge < -0.3 is 9.15 Å². The molecule has 1 aromatic carbocycles. The van der Waals surface area contributed by atoms with Gasteiger partial charge in [0, 0.05) is 5.56 Å². The third-order valence-electron chi connectivity index (χ3n) is 2.86. The Balaban J connectivity index is 2.05. The van der Waals surface area contributed by atoms with Gasteiger partial charge in [-0.2, -0.15) is 5.10 Å². The molecule has 0 saturated carbocycles. The molecule has 0 radical (unpaired) electrons. The summed E-state index contributed by atoms with van der Waals surface area (Å²) in [5.41, 5.74) is 6.09. The minimum absolute atomic E-state index is 0.153. The van der Waals surface area contributed by atoms with E-state index in [0.29, 0.717) is 17.1 Å². The number of carbonyl (C=O) groups is 1. The molecule has 0 aliphatic carbocycles. The number of hydrazine groups is 1. The smallest absolute Gasteiger partial charge is 0.338 e. The summed E-state index contributed by atoms with van der Waals surface area (Å²) >= 11 is 4.78. The maximum atomic E-state index is 11.8. The lowest BCUT2D eigenvalue weighted by atomic mass is 10.1. The summed E-state index contributed by atoms with van der Waals surface area (Å²) in [5, 5.41) is 4.07. The Morgan fingerprint density at radius 1 is 1.29 bits per heavy atom. The van der Waals surface area contributed by atoms with E-state index in [1.54, 1.807) is 30.3 Å². The number of carbonyl (C=O) groups excluding carboxylic acids is 1. The van der Waals surface area contributed by atoms with Crippen molar-refractivity contribution in [2.45, 2.75) is 20.0 Å². The van der Waals surface area contributed by atoms with Gasteiger partial charge in [0.05, 0.1) is 17.9 Å². The van der Waals surface area contributed by atoms with E-state index in [9.17, 15) is 4.79 Å². The molecule has 2 aromatic rings. The molecule has 126 valence electrons. The molecule has 0 aliphatic heterocycles. The first kappa shape index (κ1) is 17.6. The lowest BCUT2D eigenvalue weighted by molar-refractivity contribution is 0.0378. The lowest BCUT2D eigenvalue weighted by Gasteiger charge is -2.07. The predicted molar refractivity (Wildman–Crippen MR) is 95.3 cm³/mol. The third kappa shape index (κ3) is 4.90. The van der Waals surface area contributed by atoms with Crippen molar-refractivity contribution in [3.05, 3.63) is 47.7 Å². The van der Waals surface area contributed by atoms with Crippen molar-refractivity contribution in [1.29, 1.82) is 0 Å². The summed E-state index contributed by atoms with van der Waals surface area (Å²) in [5.74, 6) is 5.95. The number of benzene rings is 1. The summed E-state index contributed by atoms with van der Waals surface area (Å²) < 4.78 is 10.8. The highest BCUT2D eigenvalue weighted by Crippen LogP contribution is 2.22. The summed E-state index contributed by atoms with van der Waals surface area (Å²) in [7, 11) is 0. The first-order valence-corrected chi connectivity index (χ1v) is 7.61. The van der Waals surface area contributed by atoms with E-state index in [1.807, 2.05) is 19.9 Å². The Labute approximate surface area is 144 Å². The van der Waals surface area contributed by atoms with E-state index in [2.05, 4.69) is 16.0 Å². The van der Waals surface area contributed by atoms with Gasteiger partial charge in [-0.1, -0.05) is 12.1 Å². The van der Waals surface area contributed by atoms with Crippen molar-refractivity contribution in [3.8, 4) is 11.3 Å². The fourth-order valence-electron chi connectivity index (χ4n) is 1.82. The number of nitrogens with zero attached hydrogens (tertiary/aromatic N) is 1. The largest absolute Gasteiger partial charge is 0.459 e. The number of hydrogen-bond acceptors (Lipinski definition) is 6. The van der Waals surface area contributed by atoms with E-state index in [4.69, 9.17) is 27.2 Å². The zero-order valence-corrected chi connectivity index (χ0v) is 14.1. The van der Waals surface area contributed by atoms with Gasteiger partial charge in [-0.15, -0.1) is 0 Å². The van der Waals surface area contributed by atoms with Gasteiger partial charge in [-0.25, -0.2) is 10.6 Å². The average Bonchev–Trinajstić information content (AvgIpc) is 3.03. The van der Waals surface area contributed by atoms with E-state index < -0.39 is 0 Å². The molecule has 7 nitrogen and oxygen atoms in total. The fraction of sp³-hybridized carbons (Fsp3) is 0.188. The molecule has 0 bridgehead atoms. The molecule has 24 heavy (non-hydrogen) atoms. The minimum atomic E-state index is -0.348. The topological polar surface area (TPSA) is 102 Å². The number of nitrogens with one attached hydrogen (secondary N) is 2. The average molecular weight is 346 g/mol. The second-order valence-electron chi connectivity index (χ2n) is 5.08. The third-order valence-corrected chi connectivity index (χ3v) is 3.07. The Hall–Kier alpha value is -2.71. The van der Waals surface area contributed by atoms with Crippen LogP contribution in [-0.2, 0) is 4.74 Å². The van der Waals surface area contributed by atoms with Crippen LogP contribution in [0.2, 0.25) is 0 Å². The van der Waals surface area contributed by atoms with Crippen LogP contribution in [0.4, 0.5) is 0 Å². The van der Waals surface area contributed by atoms with Crippen molar-refractivity contribution < 1.29 is 13.9 Å². The standard InChI is InChI=1S/C16H18N4O3S/c1-10(2)22-15(21)12-5-3-11(4-6-12)14-8-7-13(23-14)9-18-20-16(24)19-17/h3-10H,17H2,1-2H3,(H2,19,20,24)/b18-9+. The highest BCUT2D eigenvalue weighted by atomic mass is 32.1. The lowest BCUT2D eigenvalue weighted by Crippen LogP contribution is -2.37. The summed E-state index contributed by atoms with van der Waals surface area (Å²) in [4.78, 5) is 11.8. The molecule has 2 rings (SSSR count). The number of nitrogens with two attached hydrogens (primary N) is 1. The zero-order chi connectivity index (χ0) is 17.5. The number of hydrogen-bond donors (Lipinski definition) is 3. The highest BCUT2D eigenvalue weighted by Gasteiger charge is 2.10. The Kier molecular flexibility index (Phi) is 6.05. The molecule has 8 heteroatoms. The van der Waals surface area contributed by atoms with Crippen molar-refractivity contribution in [1.82, 2.24) is 10.9 Å². The first-order valence-electron chi connectivity index (χ1n) is 7.20. The number of ether oxygens (including phenoxy) is 1. The quantitative estimate of drug-likeness (QED) is 0.251. The Morgan fingerprint density at radius 2 is 2.00 bits per heavy atom. The number of furan rings is 1. The van der Waals surface area contributed by atoms with Crippen LogP contribution >= 0.6 is 12.2 Å². The molecule has 0 fully saturated rings. The van der Waals surface area contributed by atoms with Crippen LogP contribution in [-0.4, -0.2) is 23.4 Å². The second kappa shape index (κ2) is 8.23. The SMILES string of the molecule is CC(C)OC(=O)c1ccc(-c2ccc(/C=N/NC(=S)NN)o2)cc1. The van der Waals surface area contributed by atoms with Crippen LogP contribution in [0.25, 0.3) is 11.3 Å². The maximum absolute atomic E-state index is 11.8. The van der Waals surface area contributed by atoms with E-state index in [-0.39, 0.29) is 17.2 Å². The minimum Gasteiger partial charge on any atom is -0.459 e. The van der Waals surface area contributed by atoms with Gasteiger partial charge in [-0.05, 0) is 50.3 Å². The first-order chi connectivity index (χ1) is 11.5.